The second-order valence-electron chi connectivity index (χ2n) is 4.18. The topological polar surface area (TPSA) is 9.23 Å². The van der Waals surface area contributed by atoms with E-state index in [2.05, 4.69) is 32.9 Å². The van der Waals surface area contributed by atoms with Crippen molar-refractivity contribution in [2.24, 2.45) is 0 Å². The molecular weight excluding hydrogens is 172 g/mol. The van der Waals surface area contributed by atoms with Crippen LogP contribution in [0.4, 0.5) is 0 Å². The van der Waals surface area contributed by atoms with E-state index in [9.17, 15) is 0 Å². The number of aryl methyl sites for hydroxylation is 3. The first-order chi connectivity index (χ1) is 6.68. The van der Waals surface area contributed by atoms with Crippen LogP contribution >= 0.6 is 0 Å². The predicted molar refractivity (Wildman–Crippen MR) is 57.4 cm³/mol. The van der Waals surface area contributed by atoms with E-state index < -0.39 is 0 Å². The molecule has 1 heteroatoms. The van der Waals surface area contributed by atoms with E-state index in [1.54, 1.807) is 0 Å². The minimum atomic E-state index is 0.300. The number of hydrogen-bond acceptors (Lipinski definition) is 1. The van der Waals surface area contributed by atoms with Crippen molar-refractivity contribution in [3.8, 4) is 0 Å². The lowest BCUT2D eigenvalue weighted by Crippen LogP contribution is -2.00. The highest BCUT2D eigenvalue weighted by Crippen LogP contribution is 2.31. The van der Waals surface area contributed by atoms with Crippen LogP contribution in [0.25, 0.3) is 0 Å². The van der Waals surface area contributed by atoms with Gasteiger partial charge in [-0.25, -0.2) is 0 Å². The summed E-state index contributed by atoms with van der Waals surface area (Å²) in [5.41, 5.74) is 5.16. The molecule has 1 nitrogen and oxygen atoms in total. The van der Waals surface area contributed by atoms with E-state index in [-0.39, 0.29) is 0 Å². The maximum absolute atomic E-state index is 5.68. The second-order valence-corrected chi connectivity index (χ2v) is 4.18. The van der Waals surface area contributed by atoms with Crippen LogP contribution in [0.3, 0.4) is 0 Å². The second kappa shape index (κ2) is 3.74. The van der Waals surface area contributed by atoms with Crippen LogP contribution in [0.2, 0.25) is 0 Å². The summed E-state index contributed by atoms with van der Waals surface area (Å²) < 4.78 is 5.68. The molecule has 1 aromatic carbocycles. The Morgan fingerprint density at radius 3 is 2.71 bits per heavy atom. The van der Waals surface area contributed by atoms with Gasteiger partial charge in [-0.15, -0.1) is 0 Å². The molecule has 1 unspecified atom stereocenters. The molecule has 1 aliphatic heterocycles. The van der Waals surface area contributed by atoms with Crippen molar-refractivity contribution in [2.45, 2.75) is 39.7 Å². The summed E-state index contributed by atoms with van der Waals surface area (Å²) in [5.74, 6) is 0. The largest absolute Gasteiger partial charge is 0.373 e. The van der Waals surface area contributed by atoms with Gasteiger partial charge in [-0.1, -0.05) is 6.07 Å². The van der Waals surface area contributed by atoms with Crippen molar-refractivity contribution in [3.63, 3.8) is 0 Å². The van der Waals surface area contributed by atoms with Gasteiger partial charge in [-0.2, -0.15) is 0 Å². The van der Waals surface area contributed by atoms with E-state index in [4.69, 9.17) is 4.74 Å². The normalized spacial score (nSPS) is 21.5. The van der Waals surface area contributed by atoms with Crippen LogP contribution in [-0.4, -0.2) is 6.61 Å². The van der Waals surface area contributed by atoms with Gasteiger partial charge < -0.3 is 4.74 Å². The summed E-state index contributed by atoms with van der Waals surface area (Å²) in [7, 11) is 0. The fourth-order valence-corrected chi connectivity index (χ4v) is 2.05. The quantitative estimate of drug-likeness (QED) is 0.659. The third-order valence-electron chi connectivity index (χ3n) is 3.02. The van der Waals surface area contributed by atoms with Gasteiger partial charge in [-0.05, 0) is 61.9 Å². The summed E-state index contributed by atoms with van der Waals surface area (Å²) in [4.78, 5) is 0. The van der Waals surface area contributed by atoms with E-state index in [1.807, 2.05) is 0 Å². The Kier molecular flexibility index (Phi) is 2.60. The number of rotatable bonds is 1. The molecule has 75 valence electrons. The lowest BCUT2D eigenvalue weighted by Gasteiger charge is -2.14. The summed E-state index contributed by atoms with van der Waals surface area (Å²) in [5, 5.41) is 0. The van der Waals surface area contributed by atoms with Crippen LogP contribution in [0.1, 0.15) is 41.2 Å². The van der Waals surface area contributed by atoms with Gasteiger partial charge in [0.15, 0.2) is 0 Å². The maximum atomic E-state index is 5.68. The molecule has 1 fully saturated rings. The molecule has 0 aliphatic carbocycles. The Hall–Kier alpha value is -0.820. The zero-order valence-electron chi connectivity index (χ0n) is 9.18. The fourth-order valence-electron chi connectivity index (χ4n) is 2.05. The Labute approximate surface area is 86.1 Å². The van der Waals surface area contributed by atoms with Crippen LogP contribution in [0.5, 0.6) is 0 Å². The van der Waals surface area contributed by atoms with Crippen molar-refractivity contribution in [1.82, 2.24) is 0 Å². The maximum Gasteiger partial charge on any atom is 0.0834 e. The van der Waals surface area contributed by atoms with E-state index in [1.165, 1.54) is 28.7 Å². The Balaban J connectivity index is 2.37. The first-order valence-corrected chi connectivity index (χ1v) is 5.30. The van der Waals surface area contributed by atoms with Gasteiger partial charge in [0.1, 0.15) is 0 Å². The molecule has 1 saturated heterocycles. The molecule has 1 radical (unpaired) electrons. The number of ether oxygens (including phenoxy) is 1. The van der Waals surface area contributed by atoms with E-state index >= 15 is 0 Å². The van der Waals surface area contributed by atoms with Gasteiger partial charge >= 0.3 is 0 Å². The SMILES string of the molecule is Cc1[c]c(C2CCCO2)c(C)cc1C. The molecule has 0 aromatic heterocycles. The minimum absolute atomic E-state index is 0.300. The Morgan fingerprint density at radius 1 is 1.29 bits per heavy atom. The van der Waals surface area contributed by atoms with Crippen LogP contribution in [0.15, 0.2) is 6.07 Å². The average Bonchev–Trinajstić information content (AvgIpc) is 2.64. The highest BCUT2D eigenvalue weighted by Gasteiger charge is 2.19. The zero-order chi connectivity index (χ0) is 10.1. The molecule has 0 bridgehead atoms. The molecule has 14 heavy (non-hydrogen) atoms. The molecule has 1 atom stereocenters. The third-order valence-corrected chi connectivity index (χ3v) is 3.02. The van der Waals surface area contributed by atoms with Crippen LogP contribution in [0, 0.1) is 26.8 Å². The molecule has 1 aromatic rings. The predicted octanol–water partition coefficient (Wildman–Crippen LogP) is 3.26. The highest BCUT2D eigenvalue weighted by atomic mass is 16.5. The monoisotopic (exact) mass is 189 g/mol. The highest BCUT2D eigenvalue weighted by molar-refractivity contribution is 5.36. The van der Waals surface area contributed by atoms with Crippen molar-refractivity contribution >= 4 is 0 Å². The molecule has 1 heterocycles. The molecule has 0 N–H and O–H groups in total. The standard InChI is InChI=1S/C13H17O/c1-9-7-11(3)12(8-10(9)2)13-5-4-6-14-13/h7,13H,4-6H2,1-3H3. The number of hydrogen-bond donors (Lipinski definition) is 0. The van der Waals surface area contributed by atoms with Gasteiger partial charge in [0, 0.05) is 6.61 Å². The summed E-state index contributed by atoms with van der Waals surface area (Å²) in [6, 6.07) is 5.70. The molecular formula is C13H17O. The molecule has 0 saturated carbocycles. The zero-order valence-corrected chi connectivity index (χ0v) is 9.18. The molecule has 0 spiro atoms. The smallest absolute Gasteiger partial charge is 0.0834 e. The summed E-state index contributed by atoms with van der Waals surface area (Å²) >= 11 is 0. The molecule has 2 rings (SSSR count). The van der Waals surface area contributed by atoms with Gasteiger partial charge in [-0.3, -0.25) is 0 Å². The third kappa shape index (κ3) is 1.69. The van der Waals surface area contributed by atoms with Gasteiger partial charge in [0.2, 0.25) is 0 Å². The lowest BCUT2D eigenvalue weighted by molar-refractivity contribution is 0.111. The molecule has 1 aliphatic rings. The van der Waals surface area contributed by atoms with Crippen molar-refractivity contribution in [2.75, 3.05) is 6.61 Å². The first kappa shape index (κ1) is 9.72. The van der Waals surface area contributed by atoms with E-state index in [0.29, 0.717) is 6.10 Å². The number of benzene rings is 1. The van der Waals surface area contributed by atoms with Gasteiger partial charge in [0.25, 0.3) is 0 Å². The van der Waals surface area contributed by atoms with Crippen molar-refractivity contribution < 1.29 is 4.74 Å². The minimum Gasteiger partial charge on any atom is -0.373 e. The van der Waals surface area contributed by atoms with Crippen molar-refractivity contribution in [3.05, 3.63) is 34.4 Å². The average molecular weight is 189 g/mol. The van der Waals surface area contributed by atoms with Gasteiger partial charge in [0.05, 0.1) is 6.10 Å². The Morgan fingerprint density at radius 2 is 2.07 bits per heavy atom. The molecule has 0 amide bonds. The van der Waals surface area contributed by atoms with Crippen LogP contribution < -0.4 is 0 Å². The summed E-state index contributed by atoms with van der Waals surface area (Å²) in [6.45, 7) is 7.32. The fraction of sp³-hybridized carbons (Fsp3) is 0.538. The lowest BCUT2D eigenvalue weighted by atomic mass is 9.96. The Bertz CT molecular complexity index is 335. The van der Waals surface area contributed by atoms with Crippen LogP contribution in [-0.2, 0) is 4.74 Å². The first-order valence-electron chi connectivity index (χ1n) is 5.30. The van der Waals surface area contributed by atoms with Crippen molar-refractivity contribution in [1.29, 1.82) is 0 Å². The summed E-state index contributed by atoms with van der Waals surface area (Å²) in [6.07, 6.45) is 2.64. The van der Waals surface area contributed by atoms with E-state index in [0.717, 1.165) is 13.0 Å².